The van der Waals surface area contributed by atoms with Gasteiger partial charge in [-0.3, -0.25) is 4.79 Å². The van der Waals surface area contributed by atoms with Crippen molar-refractivity contribution in [3.8, 4) is 0 Å². The molecule has 0 aliphatic heterocycles. The summed E-state index contributed by atoms with van der Waals surface area (Å²) in [5.41, 5.74) is 1.14. The fourth-order valence-electron chi connectivity index (χ4n) is 2.45. The van der Waals surface area contributed by atoms with Crippen LogP contribution in [0.2, 0.25) is 0 Å². The van der Waals surface area contributed by atoms with Crippen LogP contribution in [0.4, 0.5) is 0 Å². The second-order valence-electron chi connectivity index (χ2n) is 6.05. The van der Waals surface area contributed by atoms with Crippen LogP contribution in [0.3, 0.4) is 0 Å². The van der Waals surface area contributed by atoms with Crippen molar-refractivity contribution in [2.24, 2.45) is 10.9 Å². The summed E-state index contributed by atoms with van der Waals surface area (Å²) >= 11 is 0. The number of nitrogens with zero attached hydrogens (tertiary/aromatic N) is 2. The van der Waals surface area contributed by atoms with Gasteiger partial charge in [0.05, 0.1) is 0 Å². The van der Waals surface area contributed by atoms with Crippen molar-refractivity contribution in [3.05, 3.63) is 35.9 Å². The Kier molecular flexibility index (Phi) is 6.44. The first-order chi connectivity index (χ1) is 11.1. The molecule has 1 aliphatic rings. The molecular formula is C18H28N4O. The van der Waals surface area contributed by atoms with E-state index in [1.807, 2.05) is 49.1 Å². The monoisotopic (exact) mass is 316 g/mol. The number of likely N-dealkylation sites (N-methyl/N-ethyl adjacent to an activating group) is 1. The van der Waals surface area contributed by atoms with Crippen LogP contribution >= 0.6 is 0 Å². The van der Waals surface area contributed by atoms with Crippen LogP contribution in [0.1, 0.15) is 32.8 Å². The summed E-state index contributed by atoms with van der Waals surface area (Å²) in [5, 5.41) is 6.58. The predicted molar refractivity (Wildman–Crippen MR) is 94.2 cm³/mol. The van der Waals surface area contributed by atoms with Crippen molar-refractivity contribution in [1.82, 2.24) is 15.5 Å². The number of rotatable bonds is 7. The van der Waals surface area contributed by atoms with Crippen LogP contribution in [0, 0.1) is 5.92 Å². The van der Waals surface area contributed by atoms with Gasteiger partial charge < -0.3 is 15.5 Å². The highest BCUT2D eigenvalue weighted by Gasteiger charge is 2.33. The highest BCUT2D eigenvalue weighted by Crippen LogP contribution is 2.28. The molecule has 1 amide bonds. The molecular weight excluding hydrogens is 288 g/mol. The molecule has 0 radical (unpaired) electrons. The average molecular weight is 316 g/mol. The van der Waals surface area contributed by atoms with Crippen molar-refractivity contribution in [1.29, 1.82) is 0 Å². The van der Waals surface area contributed by atoms with E-state index in [2.05, 4.69) is 22.5 Å². The standard InChI is InChI=1S/C18H28N4O/c1-4-19-18(21-16-11-14(16)3)20-12-17(23)22(5-2)13-15-9-7-6-8-10-15/h6-10,14,16H,4-5,11-13H2,1-3H3,(H2,19,20,21). The Bertz CT molecular complexity index is 529. The van der Waals surface area contributed by atoms with E-state index in [1.165, 1.54) is 6.42 Å². The van der Waals surface area contributed by atoms with Gasteiger partial charge in [0.25, 0.3) is 0 Å². The van der Waals surface area contributed by atoms with Gasteiger partial charge in [0.1, 0.15) is 6.54 Å². The minimum atomic E-state index is 0.0531. The van der Waals surface area contributed by atoms with E-state index < -0.39 is 0 Å². The van der Waals surface area contributed by atoms with Crippen LogP contribution in [0.25, 0.3) is 0 Å². The van der Waals surface area contributed by atoms with Crippen molar-refractivity contribution in [2.45, 2.75) is 39.8 Å². The Morgan fingerprint density at radius 2 is 2.00 bits per heavy atom. The first kappa shape index (κ1) is 17.3. The van der Waals surface area contributed by atoms with E-state index in [-0.39, 0.29) is 12.5 Å². The Morgan fingerprint density at radius 3 is 2.57 bits per heavy atom. The molecule has 126 valence electrons. The number of amides is 1. The average Bonchev–Trinajstić information content (AvgIpc) is 3.26. The van der Waals surface area contributed by atoms with Gasteiger partial charge in [-0.1, -0.05) is 37.3 Å². The molecule has 1 aliphatic carbocycles. The lowest BCUT2D eigenvalue weighted by atomic mass is 10.2. The molecule has 1 fully saturated rings. The summed E-state index contributed by atoms with van der Waals surface area (Å²) in [4.78, 5) is 18.7. The summed E-state index contributed by atoms with van der Waals surface area (Å²) in [6.45, 7) is 8.54. The summed E-state index contributed by atoms with van der Waals surface area (Å²) in [7, 11) is 0. The van der Waals surface area contributed by atoms with Gasteiger partial charge in [-0.25, -0.2) is 4.99 Å². The van der Waals surface area contributed by atoms with Gasteiger partial charge in [0.2, 0.25) is 5.91 Å². The molecule has 5 heteroatoms. The molecule has 5 nitrogen and oxygen atoms in total. The third-order valence-electron chi connectivity index (χ3n) is 4.10. The van der Waals surface area contributed by atoms with Crippen LogP contribution < -0.4 is 10.6 Å². The molecule has 2 unspecified atom stereocenters. The number of carbonyl (C=O) groups excluding carboxylic acids is 1. The zero-order chi connectivity index (χ0) is 16.7. The number of aliphatic imine (C=N–C) groups is 1. The fourth-order valence-corrected chi connectivity index (χ4v) is 2.45. The predicted octanol–water partition coefficient (Wildman–Crippen LogP) is 2.00. The van der Waals surface area contributed by atoms with Gasteiger partial charge in [0.15, 0.2) is 5.96 Å². The zero-order valence-electron chi connectivity index (χ0n) is 14.4. The molecule has 1 saturated carbocycles. The first-order valence-corrected chi connectivity index (χ1v) is 8.50. The normalized spacial score (nSPS) is 20.0. The van der Waals surface area contributed by atoms with Crippen LogP contribution in [0.15, 0.2) is 35.3 Å². The molecule has 0 saturated heterocycles. The third-order valence-corrected chi connectivity index (χ3v) is 4.10. The van der Waals surface area contributed by atoms with Gasteiger partial charge in [-0.05, 0) is 31.7 Å². The number of hydrogen-bond donors (Lipinski definition) is 2. The van der Waals surface area contributed by atoms with Crippen molar-refractivity contribution >= 4 is 11.9 Å². The number of carbonyl (C=O) groups is 1. The van der Waals surface area contributed by atoms with E-state index in [9.17, 15) is 4.79 Å². The molecule has 0 aromatic heterocycles. The maximum absolute atomic E-state index is 12.4. The highest BCUT2D eigenvalue weighted by molar-refractivity contribution is 5.85. The van der Waals surface area contributed by atoms with E-state index >= 15 is 0 Å². The largest absolute Gasteiger partial charge is 0.357 e. The summed E-state index contributed by atoms with van der Waals surface area (Å²) < 4.78 is 0. The lowest BCUT2D eigenvalue weighted by Crippen LogP contribution is -2.40. The highest BCUT2D eigenvalue weighted by atomic mass is 16.2. The zero-order valence-corrected chi connectivity index (χ0v) is 14.4. The molecule has 0 heterocycles. The van der Waals surface area contributed by atoms with Crippen molar-refractivity contribution in [2.75, 3.05) is 19.6 Å². The summed E-state index contributed by atoms with van der Waals surface area (Å²) in [6.07, 6.45) is 1.17. The maximum atomic E-state index is 12.4. The van der Waals surface area contributed by atoms with Crippen LogP contribution in [0.5, 0.6) is 0 Å². The maximum Gasteiger partial charge on any atom is 0.244 e. The second kappa shape index (κ2) is 8.56. The van der Waals surface area contributed by atoms with Crippen molar-refractivity contribution < 1.29 is 4.79 Å². The second-order valence-corrected chi connectivity index (χ2v) is 6.05. The van der Waals surface area contributed by atoms with Gasteiger partial charge in [-0.15, -0.1) is 0 Å². The lowest BCUT2D eigenvalue weighted by molar-refractivity contribution is -0.130. The third kappa shape index (κ3) is 5.58. The van der Waals surface area contributed by atoms with Crippen LogP contribution in [-0.2, 0) is 11.3 Å². The molecule has 2 N–H and O–H groups in total. The quantitative estimate of drug-likeness (QED) is 0.597. The summed E-state index contributed by atoms with van der Waals surface area (Å²) in [5.74, 6) is 1.49. The SMILES string of the molecule is CCNC(=NCC(=O)N(CC)Cc1ccccc1)NC1CC1C. The Balaban J connectivity index is 1.90. The molecule has 2 rings (SSSR count). The minimum absolute atomic E-state index is 0.0531. The number of nitrogens with one attached hydrogen (secondary N) is 2. The Morgan fingerprint density at radius 1 is 1.30 bits per heavy atom. The van der Waals surface area contributed by atoms with E-state index in [0.717, 1.165) is 18.1 Å². The fraction of sp³-hybridized carbons (Fsp3) is 0.556. The lowest BCUT2D eigenvalue weighted by Gasteiger charge is -2.20. The van der Waals surface area contributed by atoms with E-state index in [0.29, 0.717) is 25.0 Å². The first-order valence-electron chi connectivity index (χ1n) is 8.50. The number of benzene rings is 1. The van der Waals surface area contributed by atoms with Gasteiger partial charge in [0, 0.05) is 25.7 Å². The van der Waals surface area contributed by atoms with Gasteiger partial charge >= 0.3 is 0 Å². The smallest absolute Gasteiger partial charge is 0.244 e. The van der Waals surface area contributed by atoms with Crippen LogP contribution in [-0.4, -0.2) is 42.4 Å². The summed E-state index contributed by atoms with van der Waals surface area (Å²) in [6, 6.07) is 10.6. The van der Waals surface area contributed by atoms with Crippen molar-refractivity contribution in [3.63, 3.8) is 0 Å². The van der Waals surface area contributed by atoms with E-state index in [4.69, 9.17) is 0 Å². The number of hydrogen-bond acceptors (Lipinski definition) is 2. The topological polar surface area (TPSA) is 56.7 Å². The molecule has 2 atom stereocenters. The molecule has 1 aromatic carbocycles. The Labute approximate surface area is 139 Å². The molecule has 0 bridgehead atoms. The molecule has 1 aromatic rings. The minimum Gasteiger partial charge on any atom is -0.357 e. The Hall–Kier alpha value is -2.04. The molecule has 0 spiro atoms. The van der Waals surface area contributed by atoms with Gasteiger partial charge in [-0.2, -0.15) is 0 Å². The number of guanidine groups is 1. The van der Waals surface area contributed by atoms with E-state index in [1.54, 1.807) is 0 Å². The molecule has 23 heavy (non-hydrogen) atoms.